The maximum Gasteiger partial charge on any atom is 0.254 e. The van der Waals surface area contributed by atoms with E-state index >= 15 is 0 Å². The van der Waals surface area contributed by atoms with Crippen molar-refractivity contribution in [2.45, 2.75) is 33.2 Å². The summed E-state index contributed by atoms with van der Waals surface area (Å²) in [6.45, 7) is 8.46. The van der Waals surface area contributed by atoms with Crippen LogP contribution in [0.1, 0.15) is 36.2 Å². The highest BCUT2D eigenvalue weighted by atomic mass is 32.1. The van der Waals surface area contributed by atoms with Crippen LogP contribution in [0.2, 0.25) is 0 Å². The summed E-state index contributed by atoms with van der Waals surface area (Å²) in [6.07, 6.45) is 0.984. The molecule has 1 fully saturated rings. The van der Waals surface area contributed by atoms with Crippen molar-refractivity contribution in [1.82, 2.24) is 4.90 Å². The zero-order valence-corrected chi connectivity index (χ0v) is 15.4. The van der Waals surface area contributed by atoms with E-state index in [2.05, 4.69) is 44.4 Å². The van der Waals surface area contributed by atoms with Crippen LogP contribution in [0.4, 0.5) is 0 Å². The largest absolute Gasteiger partial charge is 0.377 e. The molecule has 0 bridgehead atoms. The van der Waals surface area contributed by atoms with Crippen LogP contribution in [-0.2, 0) is 4.74 Å². The average molecular weight is 343 g/mol. The summed E-state index contributed by atoms with van der Waals surface area (Å²) in [6, 6.07) is 10.3. The molecule has 0 radical (unpaired) electrons. The number of amides is 1. The second kappa shape index (κ2) is 7.49. The second-order valence-corrected chi connectivity index (χ2v) is 7.78. The van der Waals surface area contributed by atoms with Gasteiger partial charge in [-0.2, -0.15) is 0 Å². The van der Waals surface area contributed by atoms with Gasteiger partial charge in [-0.3, -0.25) is 4.79 Å². The monoisotopic (exact) mass is 343 g/mol. The minimum Gasteiger partial charge on any atom is -0.377 e. The Morgan fingerprint density at radius 3 is 2.67 bits per heavy atom. The van der Waals surface area contributed by atoms with Crippen LogP contribution in [0.5, 0.6) is 0 Å². The van der Waals surface area contributed by atoms with Gasteiger partial charge in [0.25, 0.3) is 5.91 Å². The topological polar surface area (TPSA) is 29.5 Å². The van der Waals surface area contributed by atoms with Crippen molar-refractivity contribution in [3.63, 3.8) is 0 Å². The zero-order chi connectivity index (χ0) is 17.1. The summed E-state index contributed by atoms with van der Waals surface area (Å²) in [5, 5.41) is 2.11. The molecule has 2 heterocycles. The van der Waals surface area contributed by atoms with Crippen molar-refractivity contribution in [3.05, 3.63) is 46.8 Å². The smallest absolute Gasteiger partial charge is 0.254 e. The molecule has 1 atom stereocenters. The Bertz CT molecular complexity index is 690. The number of benzene rings is 1. The van der Waals surface area contributed by atoms with Crippen LogP contribution < -0.4 is 0 Å². The van der Waals surface area contributed by atoms with E-state index < -0.39 is 0 Å². The third-order valence-corrected chi connectivity index (χ3v) is 5.55. The van der Waals surface area contributed by atoms with Gasteiger partial charge in [-0.25, -0.2) is 0 Å². The van der Waals surface area contributed by atoms with Gasteiger partial charge >= 0.3 is 0 Å². The van der Waals surface area contributed by atoms with E-state index in [1.807, 2.05) is 17.0 Å². The molecule has 0 unspecified atom stereocenters. The number of nitrogens with zero attached hydrogens (tertiary/aromatic N) is 1. The lowest BCUT2D eigenvalue weighted by Crippen LogP contribution is -2.49. The Balaban J connectivity index is 1.77. The summed E-state index contributed by atoms with van der Waals surface area (Å²) >= 11 is 1.74. The molecular formula is C20H25NO2S. The standard InChI is InChI=1S/C20H25NO2S/c1-14(2)12-18-13-23-10-9-21(18)20(22)17-6-4-16(5-7-17)19-15(3)8-11-24-19/h4-8,11,14,18H,9-10,12-13H2,1-3H3/t18-/m1/s1. The van der Waals surface area contributed by atoms with E-state index in [9.17, 15) is 4.79 Å². The predicted molar refractivity (Wildman–Crippen MR) is 99.6 cm³/mol. The van der Waals surface area contributed by atoms with E-state index in [1.165, 1.54) is 16.0 Å². The number of thiophene rings is 1. The first-order valence-electron chi connectivity index (χ1n) is 8.59. The van der Waals surface area contributed by atoms with Gasteiger partial charge in [0.2, 0.25) is 0 Å². The lowest BCUT2D eigenvalue weighted by atomic mass is 10.0. The van der Waals surface area contributed by atoms with Gasteiger partial charge in [0.05, 0.1) is 19.3 Å². The number of carbonyl (C=O) groups excluding carboxylic acids is 1. The molecule has 1 aromatic carbocycles. The van der Waals surface area contributed by atoms with Crippen LogP contribution in [0.3, 0.4) is 0 Å². The molecule has 0 aliphatic carbocycles. The maximum atomic E-state index is 12.9. The Hall–Kier alpha value is -1.65. The molecule has 0 saturated carbocycles. The number of hydrogen-bond donors (Lipinski definition) is 0. The van der Waals surface area contributed by atoms with Crippen molar-refractivity contribution in [1.29, 1.82) is 0 Å². The fourth-order valence-corrected chi connectivity index (χ4v) is 4.19. The molecular weight excluding hydrogens is 318 g/mol. The van der Waals surface area contributed by atoms with Crippen LogP contribution in [0, 0.1) is 12.8 Å². The Kier molecular flexibility index (Phi) is 5.36. The number of carbonyl (C=O) groups is 1. The number of morpholine rings is 1. The van der Waals surface area contributed by atoms with Crippen molar-refractivity contribution in [3.8, 4) is 10.4 Å². The van der Waals surface area contributed by atoms with Crippen molar-refractivity contribution in [2.75, 3.05) is 19.8 Å². The van der Waals surface area contributed by atoms with Gasteiger partial charge in [-0.15, -0.1) is 11.3 Å². The SMILES string of the molecule is Cc1ccsc1-c1ccc(C(=O)N2CCOC[C@H]2CC(C)C)cc1. The van der Waals surface area contributed by atoms with Crippen LogP contribution in [0.15, 0.2) is 35.7 Å². The first kappa shape index (κ1) is 17.2. The highest BCUT2D eigenvalue weighted by molar-refractivity contribution is 7.13. The van der Waals surface area contributed by atoms with Gasteiger partial charge in [0.15, 0.2) is 0 Å². The molecule has 3 nitrogen and oxygen atoms in total. The third kappa shape index (κ3) is 3.70. The quantitative estimate of drug-likeness (QED) is 0.811. The highest BCUT2D eigenvalue weighted by Crippen LogP contribution is 2.29. The fraction of sp³-hybridized carbons (Fsp3) is 0.450. The summed E-state index contributed by atoms with van der Waals surface area (Å²) in [7, 11) is 0. The Morgan fingerprint density at radius 2 is 2.04 bits per heavy atom. The van der Waals surface area contributed by atoms with E-state index in [-0.39, 0.29) is 11.9 Å². The third-order valence-electron chi connectivity index (χ3n) is 4.49. The Labute approximate surface area is 148 Å². The molecule has 1 aliphatic heterocycles. The molecule has 0 N–H and O–H groups in total. The molecule has 1 aromatic heterocycles. The van der Waals surface area contributed by atoms with Gasteiger partial charge in [0.1, 0.15) is 0 Å². The minimum absolute atomic E-state index is 0.124. The van der Waals surface area contributed by atoms with E-state index in [1.54, 1.807) is 11.3 Å². The maximum absolute atomic E-state index is 12.9. The highest BCUT2D eigenvalue weighted by Gasteiger charge is 2.28. The summed E-state index contributed by atoms with van der Waals surface area (Å²) < 4.78 is 5.59. The van der Waals surface area contributed by atoms with Gasteiger partial charge in [0, 0.05) is 17.0 Å². The first-order valence-corrected chi connectivity index (χ1v) is 9.47. The zero-order valence-electron chi connectivity index (χ0n) is 14.6. The van der Waals surface area contributed by atoms with Crippen LogP contribution in [0.25, 0.3) is 10.4 Å². The minimum atomic E-state index is 0.124. The molecule has 1 amide bonds. The number of aryl methyl sites for hydroxylation is 1. The molecule has 1 saturated heterocycles. The number of rotatable bonds is 4. The van der Waals surface area contributed by atoms with Crippen molar-refractivity contribution in [2.24, 2.45) is 5.92 Å². The van der Waals surface area contributed by atoms with Gasteiger partial charge in [-0.1, -0.05) is 26.0 Å². The first-order chi connectivity index (χ1) is 11.6. The van der Waals surface area contributed by atoms with Crippen molar-refractivity contribution >= 4 is 17.2 Å². The normalized spacial score (nSPS) is 18.2. The fourth-order valence-electron chi connectivity index (χ4n) is 3.26. The van der Waals surface area contributed by atoms with Crippen LogP contribution >= 0.6 is 11.3 Å². The molecule has 1 aliphatic rings. The molecule has 3 rings (SSSR count). The lowest BCUT2D eigenvalue weighted by molar-refractivity contribution is -0.00746. The number of ether oxygens (including phenoxy) is 1. The average Bonchev–Trinajstić information content (AvgIpc) is 3.00. The second-order valence-electron chi connectivity index (χ2n) is 6.87. The summed E-state index contributed by atoms with van der Waals surface area (Å²) in [5.74, 6) is 0.676. The van der Waals surface area contributed by atoms with Crippen LogP contribution in [-0.4, -0.2) is 36.6 Å². The van der Waals surface area contributed by atoms with E-state index in [4.69, 9.17) is 4.74 Å². The van der Waals surface area contributed by atoms with Gasteiger partial charge in [-0.05, 0) is 54.0 Å². The molecule has 128 valence electrons. The van der Waals surface area contributed by atoms with Gasteiger partial charge < -0.3 is 9.64 Å². The molecule has 24 heavy (non-hydrogen) atoms. The Morgan fingerprint density at radius 1 is 1.29 bits per heavy atom. The molecule has 2 aromatic rings. The number of hydrogen-bond acceptors (Lipinski definition) is 3. The molecule has 4 heteroatoms. The molecule has 0 spiro atoms. The summed E-state index contributed by atoms with van der Waals surface area (Å²) in [4.78, 5) is 16.2. The predicted octanol–water partition coefficient (Wildman–Crippen LogP) is 4.61. The van der Waals surface area contributed by atoms with E-state index in [0.29, 0.717) is 25.7 Å². The van der Waals surface area contributed by atoms with E-state index in [0.717, 1.165) is 12.0 Å². The summed E-state index contributed by atoms with van der Waals surface area (Å²) in [5.41, 5.74) is 3.23. The lowest BCUT2D eigenvalue weighted by Gasteiger charge is -2.36. The van der Waals surface area contributed by atoms with Crippen molar-refractivity contribution < 1.29 is 9.53 Å².